The molecule has 2 heterocycles. The van der Waals surface area contributed by atoms with Crippen molar-refractivity contribution in [1.29, 1.82) is 0 Å². The van der Waals surface area contributed by atoms with Crippen molar-refractivity contribution in [2.75, 3.05) is 12.1 Å². The zero-order valence-electron chi connectivity index (χ0n) is 10.3. The van der Waals surface area contributed by atoms with Gasteiger partial charge in [-0.15, -0.1) is 0 Å². The van der Waals surface area contributed by atoms with Gasteiger partial charge in [-0.1, -0.05) is 0 Å². The molecule has 2 aromatic rings. The lowest BCUT2D eigenvalue weighted by molar-refractivity contribution is 0.174. The molecule has 1 fully saturated rings. The third-order valence-electron chi connectivity index (χ3n) is 3.23. The molecule has 0 bridgehead atoms. The molecule has 19 heavy (non-hydrogen) atoms. The number of nitrogens with one attached hydrogen (secondary N) is 1. The molecule has 0 spiro atoms. The maximum Gasteiger partial charge on any atom is 0.231 e. The highest BCUT2D eigenvalue weighted by atomic mass is 16.7. The zero-order valence-corrected chi connectivity index (χ0v) is 10.3. The van der Waals surface area contributed by atoms with Crippen LogP contribution in [-0.4, -0.2) is 22.8 Å². The summed E-state index contributed by atoms with van der Waals surface area (Å²) in [5.41, 5.74) is 1.89. The van der Waals surface area contributed by atoms with Crippen molar-refractivity contribution >= 4 is 5.95 Å². The van der Waals surface area contributed by atoms with E-state index in [1.54, 1.807) is 6.20 Å². The van der Waals surface area contributed by atoms with Crippen molar-refractivity contribution in [2.45, 2.75) is 18.9 Å². The van der Waals surface area contributed by atoms with Crippen molar-refractivity contribution in [3.8, 4) is 22.8 Å². The third kappa shape index (κ3) is 2.07. The molecule has 1 aromatic heterocycles. The Morgan fingerprint density at radius 2 is 2.00 bits per heavy atom. The van der Waals surface area contributed by atoms with Crippen LogP contribution < -0.4 is 14.8 Å². The predicted octanol–water partition coefficient (Wildman–Crippen LogP) is 2.45. The van der Waals surface area contributed by atoms with E-state index in [1.165, 1.54) is 12.8 Å². The largest absolute Gasteiger partial charge is 0.454 e. The molecule has 5 heteroatoms. The Morgan fingerprint density at radius 1 is 1.11 bits per heavy atom. The fourth-order valence-electron chi connectivity index (χ4n) is 2.06. The number of aromatic nitrogens is 2. The molecule has 0 amide bonds. The van der Waals surface area contributed by atoms with Crippen LogP contribution in [0, 0.1) is 0 Å². The van der Waals surface area contributed by atoms with Crippen LogP contribution in [0.2, 0.25) is 0 Å². The van der Waals surface area contributed by atoms with Crippen LogP contribution in [0.3, 0.4) is 0 Å². The van der Waals surface area contributed by atoms with Crippen LogP contribution in [0.4, 0.5) is 5.95 Å². The van der Waals surface area contributed by atoms with Gasteiger partial charge < -0.3 is 14.8 Å². The SMILES string of the molecule is c1cc(-c2ccc3c(c2)OCO3)nc(NC2CC2)n1. The first-order valence-electron chi connectivity index (χ1n) is 6.38. The van der Waals surface area contributed by atoms with Crippen molar-refractivity contribution in [1.82, 2.24) is 9.97 Å². The van der Waals surface area contributed by atoms with Crippen LogP contribution in [0.5, 0.6) is 11.5 Å². The van der Waals surface area contributed by atoms with Crippen LogP contribution in [0.1, 0.15) is 12.8 Å². The van der Waals surface area contributed by atoms with E-state index in [2.05, 4.69) is 15.3 Å². The molecule has 1 aliphatic carbocycles. The minimum Gasteiger partial charge on any atom is -0.454 e. The fraction of sp³-hybridized carbons (Fsp3) is 0.286. The molecule has 4 rings (SSSR count). The number of hydrogen-bond donors (Lipinski definition) is 1. The second kappa shape index (κ2) is 4.12. The van der Waals surface area contributed by atoms with Gasteiger partial charge in [0.25, 0.3) is 0 Å². The lowest BCUT2D eigenvalue weighted by atomic mass is 10.1. The Bertz CT molecular complexity index is 626. The number of hydrogen-bond acceptors (Lipinski definition) is 5. The molecule has 1 N–H and O–H groups in total. The number of nitrogens with zero attached hydrogens (tertiary/aromatic N) is 2. The van der Waals surface area contributed by atoms with E-state index in [1.807, 2.05) is 24.3 Å². The van der Waals surface area contributed by atoms with E-state index in [0.29, 0.717) is 12.0 Å². The second-order valence-corrected chi connectivity index (χ2v) is 4.75. The van der Waals surface area contributed by atoms with Crippen LogP contribution >= 0.6 is 0 Å². The summed E-state index contributed by atoms with van der Waals surface area (Å²) in [5.74, 6) is 2.25. The molecule has 0 radical (unpaired) electrons. The lowest BCUT2D eigenvalue weighted by Gasteiger charge is -2.06. The molecular formula is C14H13N3O2. The molecule has 2 aliphatic rings. The van der Waals surface area contributed by atoms with Crippen molar-refractivity contribution in [2.24, 2.45) is 0 Å². The first-order valence-corrected chi connectivity index (χ1v) is 6.38. The first-order chi connectivity index (χ1) is 9.38. The minimum absolute atomic E-state index is 0.289. The minimum atomic E-state index is 0.289. The Hall–Kier alpha value is -2.30. The summed E-state index contributed by atoms with van der Waals surface area (Å²) >= 11 is 0. The zero-order chi connectivity index (χ0) is 12.7. The quantitative estimate of drug-likeness (QED) is 0.913. The number of benzene rings is 1. The van der Waals surface area contributed by atoms with Gasteiger partial charge >= 0.3 is 0 Å². The number of anilines is 1. The maximum absolute atomic E-state index is 5.38. The van der Waals surface area contributed by atoms with Gasteiger partial charge in [-0.25, -0.2) is 9.97 Å². The third-order valence-corrected chi connectivity index (χ3v) is 3.23. The molecule has 1 saturated carbocycles. The molecule has 0 saturated heterocycles. The monoisotopic (exact) mass is 255 g/mol. The average Bonchev–Trinajstić information content (AvgIpc) is 3.13. The summed E-state index contributed by atoms with van der Waals surface area (Å²) in [4.78, 5) is 8.77. The molecule has 96 valence electrons. The highest BCUT2D eigenvalue weighted by Gasteiger charge is 2.22. The molecule has 1 aromatic carbocycles. The number of fused-ring (bicyclic) bond motifs is 1. The first kappa shape index (κ1) is 10.6. The van der Waals surface area contributed by atoms with Gasteiger partial charge in [0.15, 0.2) is 11.5 Å². The second-order valence-electron chi connectivity index (χ2n) is 4.75. The van der Waals surface area contributed by atoms with E-state index in [4.69, 9.17) is 9.47 Å². The van der Waals surface area contributed by atoms with Gasteiger partial charge in [-0.05, 0) is 37.1 Å². The lowest BCUT2D eigenvalue weighted by Crippen LogP contribution is -2.05. The molecule has 0 atom stereocenters. The number of ether oxygens (including phenoxy) is 2. The summed E-state index contributed by atoms with van der Waals surface area (Å²) < 4.78 is 10.7. The Morgan fingerprint density at radius 3 is 2.89 bits per heavy atom. The fourth-order valence-corrected chi connectivity index (χ4v) is 2.06. The molecule has 1 aliphatic heterocycles. The number of rotatable bonds is 3. The smallest absolute Gasteiger partial charge is 0.231 e. The van der Waals surface area contributed by atoms with Gasteiger partial charge in [-0.2, -0.15) is 0 Å². The summed E-state index contributed by atoms with van der Waals surface area (Å²) in [5, 5.41) is 3.30. The topological polar surface area (TPSA) is 56.3 Å². The normalized spacial score (nSPS) is 16.4. The van der Waals surface area contributed by atoms with Gasteiger partial charge in [0, 0.05) is 17.8 Å². The van der Waals surface area contributed by atoms with E-state index < -0.39 is 0 Å². The van der Waals surface area contributed by atoms with Crippen molar-refractivity contribution in [3.63, 3.8) is 0 Å². The maximum atomic E-state index is 5.38. The van der Waals surface area contributed by atoms with Crippen LogP contribution in [-0.2, 0) is 0 Å². The average molecular weight is 255 g/mol. The van der Waals surface area contributed by atoms with E-state index in [0.717, 1.165) is 22.8 Å². The summed E-state index contributed by atoms with van der Waals surface area (Å²) in [6.07, 6.45) is 4.19. The van der Waals surface area contributed by atoms with Crippen LogP contribution in [0.25, 0.3) is 11.3 Å². The van der Waals surface area contributed by atoms with Crippen molar-refractivity contribution < 1.29 is 9.47 Å². The highest BCUT2D eigenvalue weighted by molar-refractivity contribution is 5.65. The van der Waals surface area contributed by atoms with Gasteiger partial charge in [0.05, 0.1) is 5.69 Å². The van der Waals surface area contributed by atoms with Gasteiger partial charge in [0.2, 0.25) is 12.7 Å². The highest BCUT2D eigenvalue weighted by Crippen LogP contribution is 2.35. The molecule has 0 unspecified atom stereocenters. The van der Waals surface area contributed by atoms with Gasteiger partial charge in [0.1, 0.15) is 0 Å². The van der Waals surface area contributed by atoms with Gasteiger partial charge in [-0.3, -0.25) is 0 Å². The summed E-state index contributed by atoms with van der Waals surface area (Å²) in [6.45, 7) is 0.289. The molecular weight excluding hydrogens is 242 g/mol. The summed E-state index contributed by atoms with van der Waals surface area (Å²) in [6, 6.07) is 8.29. The standard InChI is InChI=1S/C14H13N3O2/c1-4-12-13(19-8-18-12)7-9(1)11-5-6-15-14(17-11)16-10-2-3-10/h1,4-7,10H,2-3,8H2,(H,15,16,17). The van der Waals surface area contributed by atoms with E-state index in [9.17, 15) is 0 Å². The predicted molar refractivity (Wildman–Crippen MR) is 70.2 cm³/mol. The molecule has 5 nitrogen and oxygen atoms in total. The Balaban J connectivity index is 1.67. The van der Waals surface area contributed by atoms with Crippen LogP contribution in [0.15, 0.2) is 30.5 Å². The summed E-state index contributed by atoms with van der Waals surface area (Å²) in [7, 11) is 0. The Labute approximate surface area is 110 Å². The van der Waals surface area contributed by atoms with Crippen molar-refractivity contribution in [3.05, 3.63) is 30.5 Å². The van der Waals surface area contributed by atoms with E-state index in [-0.39, 0.29) is 6.79 Å². The van der Waals surface area contributed by atoms with E-state index >= 15 is 0 Å². The Kier molecular flexibility index (Phi) is 2.30.